The van der Waals surface area contributed by atoms with Crippen LogP contribution in [0.15, 0.2) is 11.6 Å². The molecule has 4 saturated carbocycles. The summed E-state index contributed by atoms with van der Waals surface area (Å²) in [6.07, 6.45) is -13.2. The quantitative estimate of drug-likeness (QED) is 0.0613. The van der Waals surface area contributed by atoms with Gasteiger partial charge in [-0.2, -0.15) is 0 Å². The Bertz CT molecular complexity index is 1620. The lowest BCUT2D eigenvalue weighted by Gasteiger charge is -2.63. The van der Waals surface area contributed by atoms with E-state index in [-0.39, 0.29) is 42.4 Å². The van der Waals surface area contributed by atoms with Crippen LogP contribution in [0.3, 0.4) is 0 Å². The second kappa shape index (κ2) is 17.6. The van der Waals surface area contributed by atoms with Crippen molar-refractivity contribution in [3.05, 3.63) is 11.6 Å². The Kier molecular flexibility index (Phi) is 13.2. The third kappa shape index (κ3) is 7.64. The Hall–Kier alpha value is -1.76. The first-order valence-electron chi connectivity index (χ1n) is 21.9. The fourth-order valence-electron chi connectivity index (χ4n) is 12.9. The maximum atomic E-state index is 13.3. The molecule has 0 radical (unpaired) electrons. The Balaban J connectivity index is 0.887. The van der Waals surface area contributed by atoms with Gasteiger partial charge in [0.1, 0.15) is 80.0 Å². The first-order chi connectivity index (χ1) is 29.0. The summed E-state index contributed by atoms with van der Waals surface area (Å²) >= 11 is 0. The van der Waals surface area contributed by atoms with Crippen LogP contribution >= 0.6 is 0 Å². The van der Waals surface area contributed by atoms with Crippen LogP contribution in [0, 0.1) is 34.5 Å². The van der Waals surface area contributed by atoms with Crippen LogP contribution in [0.1, 0.15) is 71.6 Å². The molecule has 346 valence electrons. The zero-order valence-electron chi connectivity index (χ0n) is 34.8. The van der Waals surface area contributed by atoms with E-state index in [9.17, 15) is 55.5 Å². The third-order valence-electron chi connectivity index (χ3n) is 16.3. The molecule has 23 atom stereocenters. The molecule has 8 rings (SSSR count). The normalized spacial score (nSPS) is 53.6. The van der Waals surface area contributed by atoms with Gasteiger partial charge in [-0.25, -0.2) is 4.79 Å². The predicted octanol–water partition coefficient (Wildman–Crippen LogP) is -2.06. The SMILES string of the molecule is CO[C@@H]1[C@@H](O)[C@@H](O[C@H]2CC[C@@]3(C=O)[C@@H](CC[C@@H]4[C@@H]3CC[C@]3(C)[C@@H](C5=CC(=O)OC5)CC[C@]43O)C2)O[C@@H](C)[C@H]1O[C@@H]1O[C@H](CO[C@@H]2O[C@H](CO)[C@@H](O)[C@H](O)[C@H]2O)[C@@H](O)[C@H](O)[C@H]1O. The average molecular weight is 873 g/mol. The molecule has 3 saturated heterocycles. The third-order valence-corrected chi connectivity index (χ3v) is 16.3. The van der Waals surface area contributed by atoms with E-state index in [1.54, 1.807) is 13.0 Å². The van der Waals surface area contributed by atoms with E-state index in [0.717, 1.165) is 44.0 Å². The molecule has 9 N–H and O–H groups in total. The lowest BCUT2D eigenvalue weighted by molar-refractivity contribution is -0.367. The van der Waals surface area contributed by atoms with Gasteiger partial charge in [0.05, 0.1) is 31.0 Å². The number of rotatable bonds is 11. The fraction of sp³-hybridized carbons (Fsp3) is 0.905. The summed E-state index contributed by atoms with van der Waals surface area (Å²) in [5, 5.41) is 96.6. The Morgan fingerprint density at radius 1 is 0.770 bits per heavy atom. The van der Waals surface area contributed by atoms with Gasteiger partial charge in [0, 0.05) is 24.0 Å². The lowest BCUT2D eigenvalue weighted by Crippen LogP contribution is -2.65. The van der Waals surface area contributed by atoms with Crippen molar-refractivity contribution in [2.75, 3.05) is 26.9 Å². The first-order valence-corrected chi connectivity index (χ1v) is 21.9. The van der Waals surface area contributed by atoms with Crippen molar-refractivity contribution in [2.24, 2.45) is 34.5 Å². The van der Waals surface area contributed by atoms with E-state index in [2.05, 4.69) is 6.92 Å². The predicted molar refractivity (Wildman–Crippen MR) is 203 cm³/mol. The Morgan fingerprint density at radius 3 is 2.13 bits per heavy atom. The molecule has 4 heterocycles. The highest BCUT2D eigenvalue weighted by molar-refractivity contribution is 5.85. The topological polar surface area (TPSA) is 290 Å². The Labute approximate surface area is 353 Å². The van der Waals surface area contributed by atoms with Gasteiger partial charge < -0.3 is 88.6 Å². The van der Waals surface area contributed by atoms with Crippen molar-refractivity contribution >= 4 is 12.3 Å². The maximum absolute atomic E-state index is 13.3. The summed E-state index contributed by atoms with van der Waals surface area (Å²) in [6.45, 7) is 2.83. The molecule has 0 bridgehead atoms. The van der Waals surface area contributed by atoms with Crippen LogP contribution in [0.4, 0.5) is 0 Å². The number of methoxy groups -OCH3 is 1. The molecule has 61 heavy (non-hydrogen) atoms. The molecule has 0 amide bonds. The number of aldehydes is 1. The zero-order valence-corrected chi connectivity index (χ0v) is 34.8. The van der Waals surface area contributed by atoms with Crippen molar-refractivity contribution < 1.29 is 93.4 Å². The van der Waals surface area contributed by atoms with E-state index in [1.807, 2.05) is 0 Å². The molecular weight excluding hydrogens is 808 g/mol. The van der Waals surface area contributed by atoms with Gasteiger partial charge in [0.15, 0.2) is 18.9 Å². The molecule has 4 aliphatic carbocycles. The van der Waals surface area contributed by atoms with Crippen LogP contribution < -0.4 is 0 Å². The van der Waals surface area contributed by atoms with Crippen molar-refractivity contribution in [3.8, 4) is 0 Å². The minimum absolute atomic E-state index is 0.000150. The summed E-state index contributed by atoms with van der Waals surface area (Å²) < 4.78 is 46.4. The molecule has 7 fully saturated rings. The number of hydrogen-bond acceptors (Lipinski definition) is 19. The van der Waals surface area contributed by atoms with E-state index < -0.39 is 122 Å². The number of aliphatic hydroxyl groups is 9. The summed E-state index contributed by atoms with van der Waals surface area (Å²) in [5.74, 6) is -0.343. The molecular formula is C42H64O19. The minimum Gasteiger partial charge on any atom is -0.458 e. The number of ether oxygens (including phenoxy) is 8. The van der Waals surface area contributed by atoms with Gasteiger partial charge in [-0.3, -0.25) is 0 Å². The van der Waals surface area contributed by atoms with Crippen LogP contribution in [0.5, 0.6) is 0 Å². The van der Waals surface area contributed by atoms with Crippen molar-refractivity contribution in [1.29, 1.82) is 0 Å². The molecule has 0 aromatic carbocycles. The minimum atomic E-state index is -1.79. The number of carbonyl (C=O) groups excluding carboxylic acids is 2. The van der Waals surface area contributed by atoms with Crippen molar-refractivity contribution in [3.63, 3.8) is 0 Å². The van der Waals surface area contributed by atoms with Gasteiger partial charge in [-0.05, 0) is 94.0 Å². The Morgan fingerprint density at radius 2 is 1.46 bits per heavy atom. The lowest BCUT2D eigenvalue weighted by atomic mass is 9.43. The second-order valence-corrected chi connectivity index (χ2v) is 19.1. The standard InChI is InChI=1S/C42H64O19/c1-18-35(61-38-33(51)31(49)29(47)26(60-38)16-56-37-32(50)30(48)28(46)25(14-43)59-37)36(54-3)34(52)39(57-18)58-21-6-10-41(17-44)20(13-21)4-5-24-23(41)7-9-40(2)22(8-11-42(24,40)53)19-12-27(45)55-15-19/h12,17-18,20-26,28-39,43,46-53H,4-11,13-16H2,1-3H3/t18-,20-,21-,22+,23-,24+,25+,26+,28+,29+,30-,31-,32+,33+,34+,35+,36+,37+,38-,39+,40+,41+,42-/m0/s1. The summed E-state index contributed by atoms with van der Waals surface area (Å²) in [7, 11) is 1.36. The highest BCUT2D eigenvalue weighted by atomic mass is 16.8. The molecule has 8 aliphatic rings. The van der Waals surface area contributed by atoms with E-state index in [1.165, 1.54) is 7.11 Å². The molecule has 19 nitrogen and oxygen atoms in total. The van der Waals surface area contributed by atoms with E-state index >= 15 is 0 Å². The molecule has 0 spiro atoms. The molecule has 0 unspecified atom stereocenters. The second-order valence-electron chi connectivity index (χ2n) is 19.1. The first kappa shape index (κ1) is 45.8. The summed E-state index contributed by atoms with van der Waals surface area (Å²) in [5.41, 5.74) is -1.07. The largest absolute Gasteiger partial charge is 0.458 e. The van der Waals surface area contributed by atoms with Crippen molar-refractivity contribution in [1.82, 2.24) is 0 Å². The van der Waals surface area contributed by atoms with Gasteiger partial charge in [0.25, 0.3) is 0 Å². The maximum Gasteiger partial charge on any atom is 0.331 e. The van der Waals surface area contributed by atoms with Crippen LogP contribution in [-0.2, 0) is 47.5 Å². The van der Waals surface area contributed by atoms with E-state index in [0.29, 0.717) is 25.7 Å². The van der Waals surface area contributed by atoms with Gasteiger partial charge in [-0.15, -0.1) is 0 Å². The number of cyclic esters (lactones) is 1. The zero-order chi connectivity index (χ0) is 43.8. The average Bonchev–Trinajstić information content (AvgIpc) is 3.80. The number of carbonyl (C=O) groups is 2. The smallest absolute Gasteiger partial charge is 0.331 e. The van der Waals surface area contributed by atoms with E-state index in [4.69, 9.17) is 37.9 Å². The summed E-state index contributed by atoms with van der Waals surface area (Å²) in [6, 6.07) is 0. The molecule has 19 heteroatoms. The van der Waals surface area contributed by atoms with Gasteiger partial charge in [0.2, 0.25) is 0 Å². The van der Waals surface area contributed by atoms with Crippen LogP contribution in [0.2, 0.25) is 0 Å². The number of esters is 1. The molecule has 0 aromatic heterocycles. The van der Waals surface area contributed by atoms with Gasteiger partial charge >= 0.3 is 5.97 Å². The van der Waals surface area contributed by atoms with Gasteiger partial charge in [-0.1, -0.05) is 6.92 Å². The highest BCUT2D eigenvalue weighted by Gasteiger charge is 2.69. The summed E-state index contributed by atoms with van der Waals surface area (Å²) in [4.78, 5) is 25.3. The number of aliphatic hydroxyl groups excluding tert-OH is 8. The monoisotopic (exact) mass is 872 g/mol. The number of hydrogen-bond donors (Lipinski definition) is 9. The van der Waals surface area contributed by atoms with Crippen LogP contribution in [-0.4, -0.2) is 189 Å². The van der Waals surface area contributed by atoms with Crippen LogP contribution in [0.25, 0.3) is 0 Å². The molecule has 4 aliphatic heterocycles. The highest BCUT2D eigenvalue weighted by Crippen LogP contribution is 2.69. The fourth-order valence-corrected chi connectivity index (χ4v) is 12.9. The number of fused-ring (bicyclic) bond motifs is 5. The molecule has 0 aromatic rings. The van der Waals surface area contributed by atoms with Crippen molar-refractivity contribution in [2.45, 2.75) is 175 Å².